The van der Waals surface area contributed by atoms with Gasteiger partial charge in [0.05, 0.1) is 35.5 Å². The predicted octanol–water partition coefficient (Wildman–Crippen LogP) is 3.13. The number of hydrogen-bond acceptors (Lipinski definition) is 9. The smallest absolute Gasteiger partial charge is 0.300 e. The van der Waals surface area contributed by atoms with Crippen LogP contribution in [0.25, 0.3) is 0 Å². The first-order valence-corrected chi connectivity index (χ1v) is 16.2. The van der Waals surface area contributed by atoms with Gasteiger partial charge in [0, 0.05) is 16.7 Å². The lowest BCUT2D eigenvalue weighted by Crippen LogP contribution is -2.27. The Balaban J connectivity index is 2.54. The summed E-state index contributed by atoms with van der Waals surface area (Å²) in [7, 11) is -3.21. The summed E-state index contributed by atoms with van der Waals surface area (Å²) in [5.41, 5.74) is 2.46. The zero-order valence-electron chi connectivity index (χ0n) is 23.6. The highest BCUT2D eigenvalue weighted by Gasteiger charge is 2.31. The fourth-order valence-corrected chi connectivity index (χ4v) is 8.78. The summed E-state index contributed by atoms with van der Waals surface area (Å²) in [6.45, 7) is 5.40. The van der Waals surface area contributed by atoms with Gasteiger partial charge in [-0.2, -0.15) is 16.8 Å². The molecule has 0 aliphatic carbocycles. The second kappa shape index (κ2) is 12.3. The van der Waals surface area contributed by atoms with Crippen LogP contribution in [0.3, 0.4) is 0 Å². The number of hydrogen-bond donors (Lipinski definition) is 1. The van der Waals surface area contributed by atoms with Crippen molar-refractivity contribution in [3.8, 4) is 23.0 Å². The maximum absolute atomic E-state index is 12.9. The van der Waals surface area contributed by atoms with Gasteiger partial charge in [-0.3, -0.25) is 8.74 Å². The van der Waals surface area contributed by atoms with Crippen LogP contribution in [-0.2, 0) is 30.2 Å². The van der Waals surface area contributed by atoms with E-state index in [0.717, 1.165) is 12.7 Å². The van der Waals surface area contributed by atoms with Crippen LogP contribution in [0.1, 0.15) is 22.3 Å². The highest BCUT2D eigenvalue weighted by molar-refractivity contribution is 7.87. The van der Waals surface area contributed by atoms with Gasteiger partial charge in [0.1, 0.15) is 33.6 Å². The van der Waals surface area contributed by atoms with Gasteiger partial charge in [-0.25, -0.2) is 0 Å². The van der Waals surface area contributed by atoms with Crippen LogP contribution >= 0.6 is 7.92 Å². The molecule has 0 aliphatic heterocycles. The van der Waals surface area contributed by atoms with Crippen LogP contribution in [0.4, 0.5) is 0 Å². The lowest BCUT2D eigenvalue weighted by atomic mass is 10.1. The number of ether oxygens (including phenoxy) is 4. The average Bonchev–Trinajstić information content (AvgIpc) is 2.90. The first kappa shape index (κ1) is 31.6. The van der Waals surface area contributed by atoms with Crippen LogP contribution in [-0.4, -0.2) is 56.9 Å². The van der Waals surface area contributed by atoms with Crippen molar-refractivity contribution in [1.29, 1.82) is 0 Å². The van der Waals surface area contributed by atoms with E-state index in [1.165, 1.54) is 27.4 Å². The Morgan fingerprint density at radius 1 is 0.625 bits per heavy atom. The van der Waals surface area contributed by atoms with E-state index >= 15 is 0 Å². The molecule has 0 aromatic heterocycles. The van der Waals surface area contributed by atoms with Crippen molar-refractivity contribution >= 4 is 44.1 Å². The summed E-state index contributed by atoms with van der Waals surface area (Å²) >= 11 is 0. The van der Waals surface area contributed by atoms with E-state index in [2.05, 4.69) is 0 Å². The number of benzene rings is 3. The molecular formula is C27H33O10PS2. The third-order valence-corrected chi connectivity index (χ3v) is 11.0. The second-order valence-electron chi connectivity index (χ2n) is 8.92. The van der Waals surface area contributed by atoms with Gasteiger partial charge in [0.2, 0.25) is 0 Å². The highest BCUT2D eigenvalue weighted by Crippen LogP contribution is 2.44. The minimum Gasteiger partial charge on any atom is -0.496 e. The molecule has 218 valence electrons. The van der Waals surface area contributed by atoms with Gasteiger partial charge < -0.3 is 18.9 Å². The molecule has 0 fully saturated rings. The molecule has 0 heterocycles. The molecule has 13 heteroatoms. The third kappa shape index (κ3) is 6.53. The van der Waals surface area contributed by atoms with Gasteiger partial charge in [-0.15, -0.1) is 0 Å². The molecule has 1 unspecified atom stereocenters. The Labute approximate surface area is 236 Å². The molecule has 3 aromatic carbocycles. The SMILES string of the molecule is COc1cc(OC)c(P(c2cc(S(=O)(=O)OC)c(OC)cc2C)c2cc(CS(=O)(=O)O)c(C)cc2OC)cc1C. The highest BCUT2D eigenvalue weighted by atomic mass is 32.2. The Bertz CT molecular complexity index is 1630. The minimum absolute atomic E-state index is 0.110. The van der Waals surface area contributed by atoms with E-state index in [1.807, 2.05) is 19.9 Å². The summed E-state index contributed by atoms with van der Waals surface area (Å²) in [4.78, 5) is -0.168. The lowest BCUT2D eigenvalue weighted by molar-refractivity contribution is 0.378. The van der Waals surface area contributed by atoms with Gasteiger partial charge >= 0.3 is 0 Å². The van der Waals surface area contributed by atoms with Crippen molar-refractivity contribution in [3.63, 3.8) is 0 Å². The van der Waals surface area contributed by atoms with Gasteiger partial charge in [-0.05, 0) is 86.6 Å². The fourth-order valence-electron chi connectivity index (χ4n) is 4.34. The van der Waals surface area contributed by atoms with Crippen molar-refractivity contribution in [1.82, 2.24) is 0 Å². The van der Waals surface area contributed by atoms with Gasteiger partial charge in [0.15, 0.2) is 0 Å². The molecule has 1 atom stereocenters. The predicted molar refractivity (Wildman–Crippen MR) is 155 cm³/mol. The van der Waals surface area contributed by atoms with Crippen LogP contribution < -0.4 is 34.9 Å². The van der Waals surface area contributed by atoms with Crippen LogP contribution in [0.5, 0.6) is 23.0 Å². The lowest BCUT2D eigenvalue weighted by Gasteiger charge is -2.27. The summed E-state index contributed by atoms with van der Waals surface area (Å²) in [5, 5.41) is 1.89. The molecule has 0 spiro atoms. The Hall–Kier alpha value is -2.89. The molecule has 0 radical (unpaired) electrons. The standard InChI is InChI=1S/C27H33O10PS2/c1-16-9-21(34-5)26(12-19(16)15-39(28,29)30)38(25-11-17(2)20(33-4)13-22(25)35-6)24-14-27(40(31,32)37-8)23(36-7)10-18(24)3/h9-14H,15H2,1-8H3,(H,28,29,30). The molecule has 0 saturated carbocycles. The summed E-state index contributed by atoms with van der Waals surface area (Å²) in [6.07, 6.45) is 0. The topological polar surface area (TPSA) is 135 Å². The fraction of sp³-hybridized carbons (Fsp3) is 0.333. The number of rotatable bonds is 11. The molecule has 1 N–H and O–H groups in total. The average molecular weight is 613 g/mol. The van der Waals surface area contributed by atoms with Crippen LogP contribution in [0.2, 0.25) is 0 Å². The van der Waals surface area contributed by atoms with E-state index in [4.69, 9.17) is 23.1 Å². The maximum Gasteiger partial charge on any atom is 0.300 e. The van der Waals surface area contributed by atoms with Crippen molar-refractivity contribution in [3.05, 3.63) is 58.7 Å². The van der Waals surface area contributed by atoms with Crippen molar-refractivity contribution in [2.75, 3.05) is 35.5 Å². The second-order valence-corrected chi connectivity index (χ2v) is 14.2. The number of aryl methyl sites for hydroxylation is 3. The first-order valence-electron chi connectivity index (χ1n) is 11.9. The molecule has 10 nitrogen and oxygen atoms in total. The third-order valence-electron chi connectivity index (χ3n) is 6.37. The first-order chi connectivity index (χ1) is 18.7. The number of methoxy groups -OCH3 is 4. The van der Waals surface area contributed by atoms with E-state index in [-0.39, 0.29) is 10.6 Å². The Morgan fingerprint density at radius 2 is 1.15 bits per heavy atom. The molecule has 0 amide bonds. The zero-order valence-corrected chi connectivity index (χ0v) is 26.1. The van der Waals surface area contributed by atoms with Crippen molar-refractivity contribution < 1.29 is 44.5 Å². The summed E-state index contributed by atoms with van der Waals surface area (Å²) < 4.78 is 86.4. The summed E-state index contributed by atoms with van der Waals surface area (Å²) in [5.74, 6) is 1.01. The molecule has 0 bridgehead atoms. The summed E-state index contributed by atoms with van der Waals surface area (Å²) in [6, 6.07) is 10.1. The molecule has 40 heavy (non-hydrogen) atoms. The van der Waals surface area contributed by atoms with Gasteiger partial charge in [-0.1, -0.05) is 0 Å². The van der Waals surface area contributed by atoms with Crippen LogP contribution in [0, 0.1) is 20.8 Å². The van der Waals surface area contributed by atoms with Gasteiger partial charge in [0.25, 0.3) is 20.2 Å². The van der Waals surface area contributed by atoms with E-state index in [1.54, 1.807) is 38.3 Å². The monoisotopic (exact) mass is 612 g/mol. The zero-order chi connectivity index (χ0) is 30.0. The minimum atomic E-state index is -4.35. The largest absolute Gasteiger partial charge is 0.496 e. The van der Waals surface area contributed by atoms with E-state index in [0.29, 0.717) is 49.9 Å². The quantitative estimate of drug-likeness (QED) is 0.196. The molecule has 3 rings (SSSR count). The van der Waals surface area contributed by atoms with Crippen molar-refractivity contribution in [2.45, 2.75) is 31.4 Å². The molecule has 0 aliphatic rings. The van der Waals surface area contributed by atoms with Crippen LogP contribution in [0.15, 0.2) is 41.3 Å². The Morgan fingerprint density at radius 3 is 1.68 bits per heavy atom. The van der Waals surface area contributed by atoms with Crippen molar-refractivity contribution in [2.24, 2.45) is 0 Å². The van der Waals surface area contributed by atoms with E-state index < -0.39 is 33.9 Å². The molecule has 0 saturated heterocycles. The maximum atomic E-state index is 12.9. The molecular weight excluding hydrogens is 579 g/mol. The normalized spacial score (nSPS) is 12.6. The molecule has 3 aromatic rings. The van der Waals surface area contributed by atoms with E-state index in [9.17, 15) is 21.4 Å². The Kier molecular flexibility index (Phi) is 9.74.